The van der Waals surface area contributed by atoms with E-state index >= 15 is 0 Å². The van der Waals surface area contributed by atoms with Crippen LogP contribution < -0.4 is 10.6 Å². The number of hydrogen-bond acceptors (Lipinski definition) is 4. The fraction of sp³-hybridized carbons (Fsp3) is 0.500. The fourth-order valence-electron chi connectivity index (χ4n) is 4.45. The molecule has 0 saturated carbocycles. The van der Waals surface area contributed by atoms with Crippen molar-refractivity contribution < 1.29 is 27.5 Å². The molecule has 1 aliphatic heterocycles. The third-order valence-electron chi connectivity index (χ3n) is 6.30. The number of halogens is 3. The van der Waals surface area contributed by atoms with Gasteiger partial charge in [0.2, 0.25) is 5.91 Å². The van der Waals surface area contributed by atoms with E-state index in [4.69, 9.17) is 4.74 Å². The molecule has 2 aromatic rings. The maximum Gasteiger partial charge on any atom is 0.420 e. The number of benzene rings is 1. The zero-order valence-electron chi connectivity index (χ0n) is 20.0. The van der Waals surface area contributed by atoms with Gasteiger partial charge in [0.1, 0.15) is 12.2 Å². The Morgan fingerprint density at radius 3 is 2.53 bits per heavy atom. The molecule has 2 amide bonds. The molecule has 2 atom stereocenters. The van der Waals surface area contributed by atoms with E-state index in [2.05, 4.69) is 15.6 Å². The van der Waals surface area contributed by atoms with Crippen LogP contribution in [0.3, 0.4) is 0 Å². The highest BCUT2D eigenvalue weighted by atomic mass is 19.4. The highest BCUT2D eigenvalue weighted by molar-refractivity contribution is 6.03. The number of aryl methyl sites for hydroxylation is 2. The summed E-state index contributed by atoms with van der Waals surface area (Å²) in [5.41, 5.74) is 0.761. The number of rotatable bonds is 8. The summed E-state index contributed by atoms with van der Waals surface area (Å²) in [5, 5.41) is 5.02. The van der Waals surface area contributed by atoms with Crippen molar-refractivity contribution in [3.8, 4) is 0 Å². The van der Waals surface area contributed by atoms with Gasteiger partial charge in [-0.1, -0.05) is 38.5 Å². The molecule has 3 N–H and O–H groups in total. The number of aromatic nitrogens is 1. The lowest BCUT2D eigenvalue weighted by Gasteiger charge is -2.21. The average Bonchev–Trinajstić information content (AvgIpc) is 3.26. The van der Waals surface area contributed by atoms with Crippen molar-refractivity contribution in [1.29, 1.82) is 0 Å². The second-order valence-corrected chi connectivity index (χ2v) is 8.55. The minimum Gasteiger partial charge on any atom is -0.448 e. The van der Waals surface area contributed by atoms with Gasteiger partial charge in [-0.3, -0.25) is 10.1 Å². The number of aromatic amines is 1. The maximum atomic E-state index is 14.2. The predicted octanol–water partition coefficient (Wildman–Crippen LogP) is 5.38. The molecule has 34 heavy (non-hydrogen) atoms. The zero-order valence-corrected chi connectivity index (χ0v) is 20.0. The van der Waals surface area contributed by atoms with E-state index in [0.29, 0.717) is 17.8 Å². The first-order valence-electron chi connectivity index (χ1n) is 11.3. The molecule has 2 heterocycles. The van der Waals surface area contributed by atoms with Crippen LogP contribution in [0.1, 0.15) is 60.7 Å². The number of hydrogen-bond donors (Lipinski definition) is 3. The lowest BCUT2D eigenvalue weighted by Crippen LogP contribution is -2.29. The second-order valence-electron chi connectivity index (χ2n) is 8.55. The number of nitrogens with zero attached hydrogens (tertiary/aromatic N) is 1. The van der Waals surface area contributed by atoms with E-state index in [-0.39, 0.29) is 29.6 Å². The molecule has 0 radical (unpaired) electrons. The summed E-state index contributed by atoms with van der Waals surface area (Å²) in [5.74, 6) is -1.99. The number of carbonyl (C=O) groups is 2. The van der Waals surface area contributed by atoms with Crippen LogP contribution in [-0.4, -0.2) is 48.1 Å². The summed E-state index contributed by atoms with van der Waals surface area (Å²) < 4.78 is 47.7. The Morgan fingerprint density at radius 2 is 1.91 bits per heavy atom. The van der Waals surface area contributed by atoms with E-state index in [9.17, 15) is 22.8 Å². The van der Waals surface area contributed by atoms with Gasteiger partial charge >= 0.3 is 12.3 Å². The number of carbonyl (C=O) groups excluding carboxylic acids is 2. The lowest BCUT2D eigenvalue weighted by atomic mass is 9.84. The number of nitrogens with one attached hydrogen (secondary N) is 3. The first kappa shape index (κ1) is 25.6. The highest BCUT2D eigenvalue weighted by Crippen LogP contribution is 2.48. The Bertz CT molecular complexity index is 1060. The van der Waals surface area contributed by atoms with Crippen LogP contribution in [0.2, 0.25) is 0 Å². The van der Waals surface area contributed by atoms with Crippen LogP contribution in [0.25, 0.3) is 0 Å². The van der Waals surface area contributed by atoms with E-state index in [1.54, 1.807) is 13.0 Å². The number of amides is 2. The first-order valence-corrected chi connectivity index (χ1v) is 11.3. The molecule has 2 unspecified atom stereocenters. The summed E-state index contributed by atoms with van der Waals surface area (Å²) >= 11 is 0. The van der Waals surface area contributed by atoms with Gasteiger partial charge in [-0.25, -0.2) is 4.79 Å². The van der Waals surface area contributed by atoms with Crippen LogP contribution >= 0.6 is 0 Å². The van der Waals surface area contributed by atoms with Crippen molar-refractivity contribution in [1.82, 2.24) is 9.88 Å². The predicted molar refractivity (Wildman–Crippen MR) is 124 cm³/mol. The summed E-state index contributed by atoms with van der Waals surface area (Å²) in [7, 11) is 0. The molecule has 0 aliphatic carbocycles. The summed E-state index contributed by atoms with van der Waals surface area (Å²) in [6.07, 6.45) is -5.72. The third-order valence-corrected chi connectivity index (χ3v) is 6.30. The molecule has 0 fully saturated rings. The Balaban J connectivity index is 1.89. The number of H-pyrrole nitrogens is 1. The Hall–Kier alpha value is -3.01. The standard InChI is InChI=1S/C24H31F3N4O3/c1-6-31(7-2)10-11-34-23(33)30-21-15(5)28-20(19(21)24(25,26)27)14(4)18-16-12-13(3)8-9-17(16)29-22(18)32/h8-9,12,14,18,28H,6-7,10-11H2,1-5H3,(H,29,32)(H,30,33). The molecule has 10 heteroatoms. The van der Waals surface area contributed by atoms with Gasteiger partial charge < -0.3 is 19.9 Å². The van der Waals surface area contributed by atoms with Gasteiger partial charge in [-0.15, -0.1) is 0 Å². The van der Waals surface area contributed by atoms with Gasteiger partial charge in [-0.2, -0.15) is 13.2 Å². The van der Waals surface area contributed by atoms with Crippen molar-refractivity contribution in [2.75, 3.05) is 36.9 Å². The molecule has 3 rings (SSSR count). The monoisotopic (exact) mass is 480 g/mol. The van der Waals surface area contributed by atoms with Crippen LogP contribution in [-0.2, 0) is 15.7 Å². The van der Waals surface area contributed by atoms with Gasteiger partial charge in [0, 0.05) is 29.5 Å². The Kier molecular flexibility index (Phi) is 7.60. The van der Waals surface area contributed by atoms with Crippen molar-refractivity contribution in [2.45, 2.75) is 52.6 Å². The van der Waals surface area contributed by atoms with Crippen LogP contribution in [0.4, 0.5) is 29.3 Å². The average molecular weight is 481 g/mol. The smallest absolute Gasteiger partial charge is 0.420 e. The third kappa shape index (κ3) is 5.22. The highest BCUT2D eigenvalue weighted by Gasteiger charge is 2.44. The van der Waals surface area contributed by atoms with Crippen LogP contribution in [0, 0.1) is 13.8 Å². The maximum absolute atomic E-state index is 14.2. The van der Waals surface area contributed by atoms with Crippen molar-refractivity contribution in [2.24, 2.45) is 0 Å². The van der Waals surface area contributed by atoms with E-state index < -0.39 is 29.7 Å². The topological polar surface area (TPSA) is 86.5 Å². The molecule has 7 nitrogen and oxygen atoms in total. The summed E-state index contributed by atoms with van der Waals surface area (Å²) in [6.45, 7) is 10.9. The number of ether oxygens (including phenoxy) is 1. The molecular formula is C24H31F3N4O3. The van der Waals surface area contributed by atoms with E-state index in [1.165, 1.54) is 6.92 Å². The largest absolute Gasteiger partial charge is 0.448 e. The van der Waals surface area contributed by atoms with Gasteiger partial charge in [0.15, 0.2) is 0 Å². The van der Waals surface area contributed by atoms with Crippen molar-refractivity contribution >= 4 is 23.4 Å². The van der Waals surface area contributed by atoms with Crippen molar-refractivity contribution in [3.05, 3.63) is 46.3 Å². The van der Waals surface area contributed by atoms with Crippen LogP contribution in [0.5, 0.6) is 0 Å². The number of anilines is 2. The van der Waals surface area contributed by atoms with E-state index in [0.717, 1.165) is 18.7 Å². The molecule has 0 saturated heterocycles. The fourth-order valence-corrected chi connectivity index (χ4v) is 4.45. The van der Waals surface area contributed by atoms with Crippen LogP contribution in [0.15, 0.2) is 18.2 Å². The second kappa shape index (κ2) is 10.1. The first-order chi connectivity index (χ1) is 16.0. The molecule has 1 aliphatic rings. The quantitative estimate of drug-likeness (QED) is 0.474. The van der Waals surface area contributed by atoms with Gasteiger partial charge in [-0.05, 0) is 38.6 Å². The summed E-state index contributed by atoms with van der Waals surface area (Å²) in [6, 6.07) is 5.39. The van der Waals surface area contributed by atoms with E-state index in [1.807, 2.05) is 37.8 Å². The Morgan fingerprint density at radius 1 is 1.24 bits per heavy atom. The minimum atomic E-state index is -4.76. The zero-order chi connectivity index (χ0) is 25.2. The number of alkyl halides is 3. The molecule has 1 aromatic heterocycles. The number of fused-ring (bicyclic) bond motifs is 1. The lowest BCUT2D eigenvalue weighted by molar-refractivity contribution is -0.138. The minimum absolute atomic E-state index is 0.0555. The number of likely N-dealkylation sites (N-methyl/N-ethyl adjacent to an activating group) is 1. The van der Waals surface area contributed by atoms with Crippen molar-refractivity contribution in [3.63, 3.8) is 0 Å². The molecule has 0 spiro atoms. The molecular weight excluding hydrogens is 449 g/mol. The molecule has 186 valence electrons. The molecule has 0 bridgehead atoms. The Labute approximate surface area is 197 Å². The normalized spacial score (nSPS) is 16.4. The van der Waals surface area contributed by atoms with Gasteiger partial charge in [0.25, 0.3) is 0 Å². The summed E-state index contributed by atoms with van der Waals surface area (Å²) in [4.78, 5) is 29.8. The SMILES string of the molecule is CCN(CC)CCOC(=O)Nc1c(C)[nH]c(C(C)C2C(=O)Nc3ccc(C)cc32)c1C(F)(F)F. The van der Waals surface area contributed by atoms with Gasteiger partial charge in [0.05, 0.1) is 11.6 Å². The molecule has 1 aromatic carbocycles.